The molecule has 3 aromatic rings. The molecular weight excluding hydrogens is 246 g/mol. The summed E-state index contributed by atoms with van der Waals surface area (Å²) in [7, 11) is 0. The average Bonchev–Trinajstić information content (AvgIpc) is 2.79. The van der Waals surface area contributed by atoms with Crippen LogP contribution in [0.1, 0.15) is 9.67 Å². The molecule has 0 atom stereocenters. The van der Waals surface area contributed by atoms with Crippen molar-refractivity contribution in [3.8, 4) is 11.1 Å². The molecule has 3 heterocycles. The molecule has 3 rings (SSSR count). The quantitative estimate of drug-likeness (QED) is 0.764. The van der Waals surface area contributed by atoms with Crippen LogP contribution in [-0.2, 0) is 0 Å². The fourth-order valence-corrected chi connectivity index (χ4v) is 2.93. The summed E-state index contributed by atoms with van der Waals surface area (Å²) in [6, 6.07) is 7.52. The Labute approximate surface area is 107 Å². The summed E-state index contributed by atoms with van der Waals surface area (Å²) in [4.78, 5) is 21.2. The van der Waals surface area contributed by atoms with Crippen molar-refractivity contribution in [1.29, 1.82) is 0 Å². The molecule has 1 amide bonds. The average molecular weight is 255 g/mol. The Morgan fingerprint density at radius 3 is 2.67 bits per heavy atom. The molecular formula is C13H9N3OS. The van der Waals surface area contributed by atoms with Crippen molar-refractivity contribution in [2.75, 3.05) is 0 Å². The van der Waals surface area contributed by atoms with Crippen molar-refractivity contribution in [2.24, 2.45) is 5.73 Å². The van der Waals surface area contributed by atoms with E-state index in [9.17, 15) is 4.79 Å². The molecule has 0 saturated heterocycles. The second kappa shape index (κ2) is 4.19. The highest BCUT2D eigenvalue weighted by Gasteiger charge is 2.17. The smallest absolute Gasteiger partial charge is 0.259 e. The highest BCUT2D eigenvalue weighted by atomic mass is 32.1. The third-order valence-electron chi connectivity index (χ3n) is 2.66. The van der Waals surface area contributed by atoms with E-state index in [4.69, 9.17) is 5.73 Å². The predicted octanol–water partition coefficient (Wildman–Crippen LogP) is 2.46. The van der Waals surface area contributed by atoms with Gasteiger partial charge in [-0.3, -0.25) is 9.78 Å². The molecule has 0 unspecified atom stereocenters. The minimum atomic E-state index is -0.426. The van der Waals surface area contributed by atoms with Gasteiger partial charge in [0.05, 0.1) is 0 Å². The zero-order chi connectivity index (χ0) is 12.5. The summed E-state index contributed by atoms with van der Waals surface area (Å²) >= 11 is 1.32. The number of carbonyl (C=O) groups excluding carboxylic acids is 1. The SMILES string of the molecule is NC(=O)c1sc2ncccc2c1-c1ccncc1. The van der Waals surface area contributed by atoms with Crippen LogP contribution in [0.25, 0.3) is 21.3 Å². The highest BCUT2D eigenvalue weighted by molar-refractivity contribution is 7.21. The molecule has 2 N–H and O–H groups in total. The third kappa shape index (κ3) is 1.65. The number of pyridine rings is 2. The van der Waals surface area contributed by atoms with E-state index >= 15 is 0 Å². The molecule has 0 radical (unpaired) electrons. The van der Waals surface area contributed by atoms with Gasteiger partial charge in [0.2, 0.25) is 0 Å². The fourth-order valence-electron chi connectivity index (χ4n) is 1.91. The van der Waals surface area contributed by atoms with E-state index in [-0.39, 0.29) is 0 Å². The molecule has 5 heteroatoms. The number of fused-ring (bicyclic) bond motifs is 1. The fraction of sp³-hybridized carbons (Fsp3) is 0. The van der Waals surface area contributed by atoms with Crippen molar-refractivity contribution < 1.29 is 4.79 Å². The van der Waals surface area contributed by atoms with Gasteiger partial charge in [-0.1, -0.05) is 0 Å². The van der Waals surface area contributed by atoms with Crippen LogP contribution in [0, 0.1) is 0 Å². The van der Waals surface area contributed by atoms with Crippen LogP contribution in [0.15, 0.2) is 42.9 Å². The normalized spacial score (nSPS) is 10.7. The van der Waals surface area contributed by atoms with E-state index in [2.05, 4.69) is 9.97 Å². The first-order valence-electron chi connectivity index (χ1n) is 5.35. The second-order valence-electron chi connectivity index (χ2n) is 3.76. The molecule has 0 spiro atoms. The van der Waals surface area contributed by atoms with E-state index in [0.29, 0.717) is 4.88 Å². The van der Waals surface area contributed by atoms with Crippen LogP contribution in [0.2, 0.25) is 0 Å². The highest BCUT2D eigenvalue weighted by Crippen LogP contribution is 2.37. The van der Waals surface area contributed by atoms with Gasteiger partial charge in [0.15, 0.2) is 0 Å². The summed E-state index contributed by atoms with van der Waals surface area (Å²) in [6.45, 7) is 0. The molecule has 0 bridgehead atoms. The second-order valence-corrected chi connectivity index (χ2v) is 4.76. The van der Waals surface area contributed by atoms with Gasteiger partial charge < -0.3 is 5.73 Å². The number of nitrogens with zero attached hydrogens (tertiary/aromatic N) is 2. The minimum Gasteiger partial charge on any atom is -0.365 e. The Morgan fingerprint density at radius 1 is 1.17 bits per heavy atom. The number of amides is 1. The monoisotopic (exact) mass is 255 g/mol. The van der Waals surface area contributed by atoms with Gasteiger partial charge in [-0.15, -0.1) is 11.3 Å². The molecule has 0 fully saturated rings. The van der Waals surface area contributed by atoms with Crippen LogP contribution in [0.3, 0.4) is 0 Å². The lowest BCUT2D eigenvalue weighted by Crippen LogP contribution is -2.09. The van der Waals surface area contributed by atoms with Crippen molar-refractivity contribution in [2.45, 2.75) is 0 Å². The molecule has 0 saturated carbocycles. The first kappa shape index (κ1) is 10.9. The number of rotatable bonds is 2. The van der Waals surface area contributed by atoms with Crippen LogP contribution in [0.4, 0.5) is 0 Å². The maximum absolute atomic E-state index is 11.6. The maximum atomic E-state index is 11.6. The lowest BCUT2D eigenvalue weighted by molar-refractivity contribution is 0.100. The van der Waals surface area contributed by atoms with Crippen molar-refractivity contribution in [3.05, 3.63) is 47.7 Å². The van der Waals surface area contributed by atoms with Crippen molar-refractivity contribution in [3.63, 3.8) is 0 Å². The van der Waals surface area contributed by atoms with Crippen molar-refractivity contribution >= 4 is 27.5 Å². The number of hydrogen-bond donors (Lipinski definition) is 1. The Kier molecular flexibility index (Phi) is 2.53. The van der Waals surface area contributed by atoms with E-state index in [1.54, 1.807) is 18.6 Å². The number of nitrogens with two attached hydrogens (primary N) is 1. The van der Waals surface area contributed by atoms with Crippen LogP contribution in [0.5, 0.6) is 0 Å². The number of carbonyl (C=O) groups is 1. The summed E-state index contributed by atoms with van der Waals surface area (Å²) in [5, 5.41) is 0.947. The Bertz CT molecular complexity index is 721. The Balaban J connectivity index is 2.38. The first-order chi connectivity index (χ1) is 8.77. The van der Waals surface area contributed by atoms with Gasteiger partial charge in [0.25, 0.3) is 5.91 Å². The lowest BCUT2D eigenvalue weighted by atomic mass is 10.0. The van der Waals surface area contributed by atoms with E-state index in [1.165, 1.54) is 11.3 Å². The van der Waals surface area contributed by atoms with Crippen molar-refractivity contribution in [1.82, 2.24) is 9.97 Å². The van der Waals surface area contributed by atoms with Gasteiger partial charge in [0.1, 0.15) is 9.71 Å². The summed E-state index contributed by atoms with van der Waals surface area (Å²) in [5.74, 6) is -0.426. The third-order valence-corrected chi connectivity index (χ3v) is 3.79. The zero-order valence-corrected chi connectivity index (χ0v) is 10.1. The summed E-state index contributed by atoms with van der Waals surface area (Å²) < 4.78 is 0. The first-order valence-corrected chi connectivity index (χ1v) is 6.17. The molecule has 3 aromatic heterocycles. The number of hydrogen-bond acceptors (Lipinski definition) is 4. The van der Waals surface area contributed by atoms with E-state index < -0.39 is 5.91 Å². The molecule has 0 aliphatic heterocycles. The molecule has 88 valence electrons. The van der Waals surface area contributed by atoms with Crippen LogP contribution < -0.4 is 5.73 Å². The van der Waals surface area contributed by atoms with Crippen LogP contribution in [-0.4, -0.2) is 15.9 Å². The Hall–Kier alpha value is -2.27. The van der Waals surface area contributed by atoms with Gasteiger partial charge in [-0.05, 0) is 29.8 Å². The van der Waals surface area contributed by atoms with E-state index in [1.807, 2.05) is 24.3 Å². The Morgan fingerprint density at radius 2 is 1.94 bits per heavy atom. The topological polar surface area (TPSA) is 68.9 Å². The summed E-state index contributed by atoms with van der Waals surface area (Å²) in [6.07, 6.45) is 5.10. The lowest BCUT2D eigenvalue weighted by Gasteiger charge is -2.01. The largest absolute Gasteiger partial charge is 0.365 e. The summed E-state index contributed by atoms with van der Waals surface area (Å²) in [5.41, 5.74) is 7.22. The molecule has 0 aromatic carbocycles. The van der Waals surface area contributed by atoms with Gasteiger partial charge in [-0.25, -0.2) is 4.98 Å². The minimum absolute atomic E-state index is 0.426. The molecule has 18 heavy (non-hydrogen) atoms. The number of primary amides is 1. The maximum Gasteiger partial charge on any atom is 0.259 e. The van der Waals surface area contributed by atoms with Gasteiger partial charge in [0, 0.05) is 29.5 Å². The zero-order valence-electron chi connectivity index (χ0n) is 9.33. The predicted molar refractivity (Wildman–Crippen MR) is 71.4 cm³/mol. The molecule has 4 nitrogen and oxygen atoms in total. The molecule has 0 aliphatic carbocycles. The number of aromatic nitrogens is 2. The van der Waals surface area contributed by atoms with Gasteiger partial charge >= 0.3 is 0 Å². The molecule has 0 aliphatic rings. The van der Waals surface area contributed by atoms with Crippen LogP contribution >= 0.6 is 11.3 Å². The van der Waals surface area contributed by atoms with E-state index in [0.717, 1.165) is 21.3 Å². The van der Waals surface area contributed by atoms with Gasteiger partial charge in [-0.2, -0.15) is 0 Å². The standard InChI is InChI=1S/C13H9N3OS/c14-12(17)11-10(8-3-6-15-7-4-8)9-2-1-5-16-13(9)18-11/h1-7H,(H2,14,17). The number of thiophene rings is 1.